The number of benzene rings is 2. The Morgan fingerprint density at radius 1 is 1.16 bits per heavy atom. The number of fused-ring (bicyclic) bond motifs is 1. The van der Waals surface area contributed by atoms with Crippen LogP contribution in [0, 0.1) is 0 Å². The molecule has 1 amide bonds. The van der Waals surface area contributed by atoms with E-state index in [9.17, 15) is 18.0 Å². The lowest BCUT2D eigenvalue weighted by molar-refractivity contribution is -0.137. The van der Waals surface area contributed by atoms with Crippen molar-refractivity contribution in [1.29, 1.82) is 0 Å². The summed E-state index contributed by atoms with van der Waals surface area (Å²) in [6, 6.07) is 10.9. The van der Waals surface area contributed by atoms with E-state index in [4.69, 9.17) is 4.74 Å². The predicted octanol–water partition coefficient (Wildman–Crippen LogP) is 4.54. The maximum absolute atomic E-state index is 13.3. The summed E-state index contributed by atoms with van der Waals surface area (Å²) >= 11 is 0. The monoisotopic (exact) mass is 447 g/mol. The van der Waals surface area contributed by atoms with E-state index in [-0.39, 0.29) is 11.9 Å². The minimum atomic E-state index is -4.46. The van der Waals surface area contributed by atoms with E-state index in [1.807, 2.05) is 23.1 Å². The average molecular weight is 448 g/mol. The van der Waals surface area contributed by atoms with Crippen molar-refractivity contribution in [1.82, 2.24) is 5.32 Å². The van der Waals surface area contributed by atoms with Crippen LogP contribution in [0.15, 0.2) is 42.5 Å². The van der Waals surface area contributed by atoms with Crippen molar-refractivity contribution < 1.29 is 22.7 Å². The first-order chi connectivity index (χ1) is 15.3. The summed E-state index contributed by atoms with van der Waals surface area (Å²) < 4.78 is 45.4. The second-order valence-corrected chi connectivity index (χ2v) is 8.35. The molecular formula is C24H28F3N3O2. The largest absolute Gasteiger partial charge is 0.416 e. The molecule has 2 aromatic rings. The Balaban J connectivity index is 1.52. The molecule has 0 saturated carbocycles. The van der Waals surface area contributed by atoms with Crippen molar-refractivity contribution in [3.05, 3.63) is 59.2 Å². The van der Waals surface area contributed by atoms with E-state index in [0.29, 0.717) is 37.7 Å². The molecule has 1 heterocycles. The first-order valence-electron chi connectivity index (χ1n) is 11.0. The summed E-state index contributed by atoms with van der Waals surface area (Å²) in [5.41, 5.74) is 2.55. The van der Waals surface area contributed by atoms with Gasteiger partial charge in [-0.25, -0.2) is 0 Å². The van der Waals surface area contributed by atoms with Crippen LogP contribution in [0.1, 0.15) is 42.5 Å². The van der Waals surface area contributed by atoms with Crippen LogP contribution in [-0.4, -0.2) is 38.3 Å². The van der Waals surface area contributed by atoms with Gasteiger partial charge in [0.1, 0.15) is 6.04 Å². The zero-order valence-electron chi connectivity index (χ0n) is 18.0. The number of amides is 1. The van der Waals surface area contributed by atoms with Gasteiger partial charge in [0.15, 0.2) is 0 Å². The van der Waals surface area contributed by atoms with Crippen molar-refractivity contribution in [2.45, 2.75) is 44.4 Å². The summed E-state index contributed by atoms with van der Waals surface area (Å²) in [4.78, 5) is 14.9. The molecule has 2 aromatic carbocycles. The Labute approximate surface area is 185 Å². The van der Waals surface area contributed by atoms with E-state index >= 15 is 0 Å². The fraction of sp³-hybridized carbons (Fsp3) is 0.458. The second-order valence-electron chi connectivity index (χ2n) is 8.35. The average Bonchev–Trinajstić information content (AvgIpc) is 2.79. The first-order valence-corrected chi connectivity index (χ1v) is 11.0. The normalized spacial score (nSPS) is 19.8. The molecule has 0 radical (unpaired) electrons. The van der Waals surface area contributed by atoms with Gasteiger partial charge in [-0.05, 0) is 55.5 Å². The SMILES string of the molecule is CC(Nc1cc(C(F)(F)F)ccc1N1CCOCC1)C(=O)NC1CCCc2ccccc21. The summed E-state index contributed by atoms with van der Waals surface area (Å²) in [7, 11) is 0. The molecule has 2 aliphatic rings. The highest BCUT2D eigenvalue weighted by molar-refractivity contribution is 5.86. The van der Waals surface area contributed by atoms with Crippen molar-refractivity contribution in [3.8, 4) is 0 Å². The van der Waals surface area contributed by atoms with Gasteiger partial charge in [0, 0.05) is 13.1 Å². The lowest BCUT2D eigenvalue weighted by Crippen LogP contribution is -2.41. The topological polar surface area (TPSA) is 53.6 Å². The van der Waals surface area contributed by atoms with Crippen LogP contribution >= 0.6 is 0 Å². The number of alkyl halides is 3. The van der Waals surface area contributed by atoms with Crippen LogP contribution in [-0.2, 0) is 22.1 Å². The highest BCUT2D eigenvalue weighted by Gasteiger charge is 2.32. The van der Waals surface area contributed by atoms with Crippen LogP contribution in [0.4, 0.5) is 24.5 Å². The summed E-state index contributed by atoms with van der Waals surface area (Å²) in [5, 5.41) is 6.12. The molecule has 1 aliphatic carbocycles. The van der Waals surface area contributed by atoms with Crippen LogP contribution in [0.2, 0.25) is 0 Å². The van der Waals surface area contributed by atoms with Gasteiger partial charge in [0.2, 0.25) is 5.91 Å². The molecule has 5 nitrogen and oxygen atoms in total. The number of rotatable bonds is 5. The molecule has 1 saturated heterocycles. The number of carbonyl (C=O) groups excluding carboxylic acids is 1. The maximum Gasteiger partial charge on any atom is 0.416 e. The molecule has 1 aliphatic heterocycles. The summed E-state index contributed by atoms with van der Waals surface area (Å²) in [5.74, 6) is -0.239. The number of hydrogen-bond acceptors (Lipinski definition) is 4. The highest BCUT2D eigenvalue weighted by Crippen LogP contribution is 2.36. The number of aryl methyl sites for hydroxylation is 1. The lowest BCUT2D eigenvalue weighted by atomic mass is 9.87. The number of carbonyl (C=O) groups is 1. The van der Waals surface area contributed by atoms with Crippen LogP contribution in [0.5, 0.6) is 0 Å². The Morgan fingerprint density at radius 2 is 1.91 bits per heavy atom. The number of hydrogen-bond donors (Lipinski definition) is 2. The quantitative estimate of drug-likeness (QED) is 0.707. The predicted molar refractivity (Wildman–Crippen MR) is 118 cm³/mol. The van der Waals surface area contributed by atoms with E-state index < -0.39 is 17.8 Å². The van der Waals surface area contributed by atoms with Gasteiger partial charge in [-0.1, -0.05) is 24.3 Å². The minimum absolute atomic E-state index is 0.0862. The molecule has 2 atom stereocenters. The van der Waals surface area contributed by atoms with Crippen LogP contribution in [0.25, 0.3) is 0 Å². The molecule has 0 spiro atoms. The van der Waals surface area contributed by atoms with Crippen molar-refractivity contribution in [2.24, 2.45) is 0 Å². The summed E-state index contributed by atoms with van der Waals surface area (Å²) in [6.45, 7) is 3.86. The fourth-order valence-corrected chi connectivity index (χ4v) is 4.41. The number of anilines is 2. The third-order valence-corrected chi connectivity index (χ3v) is 6.13. The van der Waals surface area contributed by atoms with Crippen molar-refractivity contribution in [2.75, 3.05) is 36.5 Å². The Kier molecular flexibility index (Phi) is 6.60. The lowest BCUT2D eigenvalue weighted by Gasteiger charge is -2.32. The Bertz CT molecular complexity index is 958. The van der Waals surface area contributed by atoms with E-state index in [1.54, 1.807) is 6.92 Å². The molecule has 1 fully saturated rings. The number of nitrogens with zero attached hydrogens (tertiary/aromatic N) is 1. The number of morpholine rings is 1. The fourth-order valence-electron chi connectivity index (χ4n) is 4.41. The van der Waals surface area contributed by atoms with Crippen LogP contribution in [0.3, 0.4) is 0 Å². The Hall–Kier alpha value is -2.74. The van der Waals surface area contributed by atoms with E-state index in [0.717, 1.165) is 37.0 Å². The van der Waals surface area contributed by atoms with E-state index in [2.05, 4.69) is 16.7 Å². The molecule has 0 bridgehead atoms. The van der Waals surface area contributed by atoms with Gasteiger partial charge in [-0.15, -0.1) is 0 Å². The maximum atomic E-state index is 13.3. The van der Waals surface area contributed by atoms with Crippen molar-refractivity contribution >= 4 is 17.3 Å². The van der Waals surface area contributed by atoms with Gasteiger partial charge in [0.05, 0.1) is 36.2 Å². The van der Waals surface area contributed by atoms with Gasteiger partial charge in [-0.2, -0.15) is 13.2 Å². The van der Waals surface area contributed by atoms with Crippen LogP contribution < -0.4 is 15.5 Å². The molecule has 8 heteroatoms. The number of ether oxygens (including phenoxy) is 1. The van der Waals surface area contributed by atoms with Gasteiger partial charge in [-0.3, -0.25) is 4.79 Å². The molecular weight excluding hydrogens is 419 g/mol. The smallest absolute Gasteiger partial charge is 0.378 e. The first kappa shape index (κ1) is 22.5. The number of halogens is 3. The third-order valence-electron chi connectivity index (χ3n) is 6.13. The molecule has 4 rings (SSSR count). The molecule has 172 valence electrons. The molecule has 0 aromatic heterocycles. The molecule has 2 unspecified atom stereocenters. The van der Waals surface area contributed by atoms with Gasteiger partial charge < -0.3 is 20.3 Å². The van der Waals surface area contributed by atoms with Gasteiger partial charge >= 0.3 is 6.18 Å². The highest BCUT2D eigenvalue weighted by atomic mass is 19.4. The van der Waals surface area contributed by atoms with E-state index in [1.165, 1.54) is 11.6 Å². The molecule has 2 N–H and O–H groups in total. The minimum Gasteiger partial charge on any atom is -0.378 e. The Morgan fingerprint density at radius 3 is 2.66 bits per heavy atom. The zero-order chi connectivity index (χ0) is 22.7. The van der Waals surface area contributed by atoms with Crippen molar-refractivity contribution in [3.63, 3.8) is 0 Å². The second kappa shape index (κ2) is 9.40. The third kappa shape index (κ3) is 5.01. The standard InChI is InChI=1S/C24H28F3N3O2/c1-16(23(31)29-20-8-4-6-17-5-2-3-7-19(17)20)28-21-15-18(24(25,26)27)9-10-22(21)30-11-13-32-14-12-30/h2-3,5,7,9-10,15-16,20,28H,4,6,8,11-14H2,1H3,(H,29,31). The summed E-state index contributed by atoms with van der Waals surface area (Å²) in [6.07, 6.45) is -1.64. The molecule has 32 heavy (non-hydrogen) atoms. The zero-order valence-corrected chi connectivity index (χ0v) is 18.0. The number of nitrogens with one attached hydrogen (secondary N) is 2. The van der Waals surface area contributed by atoms with Gasteiger partial charge in [0.25, 0.3) is 0 Å².